The Morgan fingerprint density at radius 2 is 1.89 bits per heavy atom. The topological polar surface area (TPSA) is 75.4 Å². The predicted molar refractivity (Wildman–Crippen MR) is 79.3 cm³/mol. The van der Waals surface area contributed by atoms with Crippen molar-refractivity contribution in [2.24, 2.45) is 11.7 Å². The van der Waals surface area contributed by atoms with Gasteiger partial charge in [-0.3, -0.25) is 4.79 Å². The van der Waals surface area contributed by atoms with E-state index in [0.29, 0.717) is 12.1 Å². The fourth-order valence-corrected chi connectivity index (χ4v) is 2.62. The van der Waals surface area contributed by atoms with Gasteiger partial charge in [-0.2, -0.15) is 0 Å². The summed E-state index contributed by atoms with van der Waals surface area (Å²) in [4.78, 5) is 12.0. The minimum atomic E-state index is -0.181. The lowest BCUT2D eigenvalue weighted by atomic mass is 10.1. The van der Waals surface area contributed by atoms with Gasteiger partial charge >= 0.3 is 0 Å². The number of benzene rings is 1. The first-order valence-electron chi connectivity index (χ1n) is 5.72. The van der Waals surface area contributed by atoms with Crippen LogP contribution in [-0.2, 0) is 4.79 Å². The third-order valence-electron chi connectivity index (χ3n) is 3.13. The van der Waals surface area contributed by atoms with Gasteiger partial charge in [-0.15, -0.1) is 12.4 Å². The molecule has 19 heavy (non-hydrogen) atoms. The number of hydrogen-bond acceptors (Lipinski definition) is 3. The van der Waals surface area contributed by atoms with E-state index in [4.69, 9.17) is 28.9 Å². The summed E-state index contributed by atoms with van der Waals surface area (Å²) in [5.74, 6) is -0.327. The first kappa shape index (κ1) is 16.4. The Balaban J connectivity index is 0.00000180. The average molecular weight is 326 g/mol. The second kappa shape index (κ2) is 6.66. The molecule has 0 heterocycles. The van der Waals surface area contributed by atoms with Crippen LogP contribution in [0, 0.1) is 5.92 Å². The zero-order chi connectivity index (χ0) is 13.3. The monoisotopic (exact) mass is 324 g/mol. The van der Waals surface area contributed by atoms with Gasteiger partial charge in [0.25, 0.3) is 0 Å². The highest BCUT2D eigenvalue weighted by molar-refractivity contribution is 6.37. The first-order valence-corrected chi connectivity index (χ1v) is 6.47. The van der Waals surface area contributed by atoms with Gasteiger partial charge in [0.05, 0.1) is 10.0 Å². The number of rotatable bonds is 2. The minimum absolute atomic E-state index is 0. The smallest absolute Gasteiger partial charge is 0.227 e. The summed E-state index contributed by atoms with van der Waals surface area (Å²) >= 11 is 11.6. The molecule has 0 aromatic heterocycles. The highest BCUT2D eigenvalue weighted by atomic mass is 35.5. The van der Waals surface area contributed by atoms with Crippen molar-refractivity contribution in [1.82, 2.24) is 0 Å². The molecular weight excluding hydrogens is 311 g/mol. The molecule has 4 N–H and O–H groups in total. The van der Waals surface area contributed by atoms with E-state index in [2.05, 4.69) is 5.32 Å². The number of anilines is 1. The maximum absolute atomic E-state index is 12.0. The lowest BCUT2D eigenvalue weighted by Gasteiger charge is -2.12. The van der Waals surface area contributed by atoms with Crippen LogP contribution >= 0.6 is 35.6 Å². The Morgan fingerprint density at radius 3 is 2.37 bits per heavy atom. The maximum atomic E-state index is 12.0. The van der Waals surface area contributed by atoms with Gasteiger partial charge in [0.2, 0.25) is 5.91 Å². The number of phenolic OH excluding ortho intramolecular Hbond substituents is 1. The lowest BCUT2D eigenvalue weighted by molar-refractivity contribution is -0.119. The quantitative estimate of drug-likeness (QED) is 0.731. The molecule has 1 aliphatic carbocycles. The molecule has 1 aromatic rings. The third-order valence-corrected chi connectivity index (χ3v) is 3.70. The Morgan fingerprint density at radius 1 is 1.32 bits per heavy atom. The van der Waals surface area contributed by atoms with Crippen LogP contribution in [0.3, 0.4) is 0 Å². The van der Waals surface area contributed by atoms with E-state index in [1.165, 1.54) is 12.1 Å². The summed E-state index contributed by atoms with van der Waals surface area (Å²) in [7, 11) is 0. The van der Waals surface area contributed by atoms with Crippen molar-refractivity contribution in [3.05, 3.63) is 22.2 Å². The molecule has 0 saturated heterocycles. The van der Waals surface area contributed by atoms with E-state index in [1.54, 1.807) is 0 Å². The van der Waals surface area contributed by atoms with Crippen LogP contribution in [0.5, 0.6) is 5.75 Å². The van der Waals surface area contributed by atoms with Gasteiger partial charge < -0.3 is 16.2 Å². The predicted octanol–water partition coefficient (Wildman–Crippen LogP) is 3.19. The molecular formula is C12H15Cl3N2O2. The SMILES string of the molecule is Cl.NC1CCC(C(=O)Nc2cc(Cl)c(O)c(Cl)c2)C1. The van der Waals surface area contributed by atoms with E-state index >= 15 is 0 Å². The summed E-state index contributed by atoms with van der Waals surface area (Å²) in [6.45, 7) is 0. The van der Waals surface area contributed by atoms with Gasteiger partial charge in [-0.1, -0.05) is 23.2 Å². The molecule has 0 radical (unpaired) electrons. The van der Waals surface area contributed by atoms with Gasteiger partial charge in [0.15, 0.2) is 5.75 Å². The molecule has 4 nitrogen and oxygen atoms in total. The molecule has 0 bridgehead atoms. The largest absolute Gasteiger partial charge is 0.505 e. The van der Waals surface area contributed by atoms with E-state index in [1.807, 2.05) is 0 Å². The molecule has 2 rings (SSSR count). The summed E-state index contributed by atoms with van der Waals surface area (Å²) in [6.07, 6.45) is 2.37. The minimum Gasteiger partial charge on any atom is -0.505 e. The van der Waals surface area contributed by atoms with E-state index in [9.17, 15) is 9.90 Å². The van der Waals surface area contributed by atoms with Crippen LogP contribution in [-0.4, -0.2) is 17.1 Å². The van der Waals surface area contributed by atoms with Crippen LogP contribution in [0.4, 0.5) is 5.69 Å². The summed E-state index contributed by atoms with van der Waals surface area (Å²) in [5.41, 5.74) is 6.25. The highest BCUT2D eigenvalue weighted by Gasteiger charge is 2.27. The number of aromatic hydroxyl groups is 1. The molecule has 0 spiro atoms. The van der Waals surface area contributed by atoms with Crippen molar-refractivity contribution in [3.63, 3.8) is 0 Å². The number of amides is 1. The number of nitrogens with two attached hydrogens (primary N) is 1. The van der Waals surface area contributed by atoms with Gasteiger partial charge in [0.1, 0.15) is 0 Å². The molecule has 7 heteroatoms. The number of halogens is 3. The number of phenols is 1. The van der Waals surface area contributed by atoms with Crippen molar-refractivity contribution < 1.29 is 9.90 Å². The van der Waals surface area contributed by atoms with Gasteiger partial charge in [-0.05, 0) is 31.4 Å². The van der Waals surface area contributed by atoms with Gasteiger partial charge in [0, 0.05) is 17.6 Å². The number of nitrogens with one attached hydrogen (secondary N) is 1. The Bertz CT molecular complexity index is 459. The Kier molecular flexibility index (Phi) is 5.74. The second-order valence-corrected chi connectivity index (χ2v) is 5.36. The zero-order valence-electron chi connectivity index (χ0n) is 10.0. The second-order valence-electron chi connectivity index (χ2n) is 4.55. The number of carbonyl (C=O) groups is 1. The van der Waals surface area contributed by atoms with E-state index < -0.39 is 0 Å². The molecule has 1 aromatic carbocycles. The fraction of sp³-hybridized carbons (Fsp3) is 0.417. The summed E-state index contributed by atoms with van der Waals surface area (Å²) < 4.78 is 0. The molecule has 2 unspecified atom stereocenters. The molecule has 1 saturated carbocycles. The third kappa shape index (κ3) is 3.89. The average Bonchev–Trinajstić information content (AvgIpc) is 2.72. The van der Waals surface area contributed by atoms with Crippen molar-refractivity contribution in [2.75, 3.05) is 5.32 Å². The molecule has 0 aliphatic heterocycles. The first-order chi connectivity index (χ1) is 8.47. The van der Waals surface area contributed by atoms with Crippen LogP contribution in [0.1, 0.15) is 19.3 Å². The van der Waals surface area contributed by atoms with Crippen molar-refractivity contribution in [2.45, 2.75) is 25.3 Å². The van der Waals surface area contributed by atoms with Crippen LogP contribution in [0.15, 0.2) is 12.1 Å². The number of hydrogen-bond donors (Lipinski definition) is 3. The maximum Gasteiger partial charge on any atom is 0.227 e. The standard InChI is InChI=1S/C12H14Cl2N2O2.ClH/c13-9-4-8(5-10(14)11(9)17)16-12(18)6-1-2-7(15)3-6;/h4-7,17H,1-3,15H2,(H,16,18);1H. The molecule has 2 atom stereocenters. The number of carbonyl (C=O) groups excluding carboxylic acids is 1. The van der Waals surface area contributed by atoms with Crippen LogP contribution in [0.25, 0.3) is 0 Å². The summed E-state index contributed by atoms with van der Waals surface area (Å²) in [5, 5.41) is 12.4. The zero-order valence-corrected chi connectivity index (χ0v) is 12.4. The van der Waals surface area contributed by atoms with Crippen molar-refractivity contribution in [1.29, 1.82) is 0 Å². The van der Waals surface area contributed by atoms with Crippen molar-refractivity contribution in [3.8, 4) is 5.75 Å². The van der Waals surface area contributed by atoms with E-state index in [0.717, 1.165) is 12.8 Å². The fourth-order valence-electron chi connectivity index (χ4n) is 2.14. The Hall–Kier alpha value is -0.680. The Labute approximate surface area is 127 Å². The van der Waals surface area contributed by atoms with Crippen LogP contribution < -0.4 is 11.1 Å². The highest BCUT2D eigenvalue weighted by Crippen LogP contribution is 2.35. The van der Waals surface area contributed by atoms with Crippen molar-refractivity contribution >= 4 is 47.2 Å². The normalized spacial score (nSPS) is 21.8. The lowest BCUT2D eigenvalue weighted by Crippen LogP contribution is -2.23. The van der Waals surface area contributed by atoms with E-state index in [-0.39, 0.29) is 46.1 Å². The van der Waals surface area contributed by atoms with Gasteiger partial charge in [-0.25, -0.2) is 0 Å². The molecule has 1 fully saturated rings. The summed E-state index contributed by atoms with van der Waals surface area (Å²) in [6, 6.07) is 3.04. The molecule has 106 valence electrons. The molecule has 1 aliphatic rings. The van der Waals surface area contributed by atoms with Crippen LogP contribution in [0.2, 0.25) is 10.0 Å². The molecule has 1 amide bonds.